The maximum atomic E-state index is 13.2. The van der Waals surface area contributed by atoms with Gasteiger partial charge in [0.05, 0.1) is 11.1 Å². The number of hydrogen-bond donors (Lipinski definition) is 0. The van der Waals surface area contributed by atoms with Gasteiger partial charge in [-0.25, -0.2) is 4.98 Å². The van der Waals surface area contributed by atoms with E-state index in [2.05, 4.69) is 27.1 Å². The van der Waals surface area contributed by atoms with Crippen molar-refractivity contribution < 1.29 is 4.79 Å². The summed E-state index contributed by atoms with van der Waals surface area (Å²) in [6.07, 6.45) is 1.68. The topological polar surface area (TPSA) is 56.9 Å². The highest BCUT2D eigenvalue weighted by atomic mass is 79.9. The van der Waals surface area contributed by atoms with Crippen molar-refractivity contribution in [1.82, 2.24) is 14.1 Å². The molecule has 0 aliphatic rings. The third kappa shape index (κ3) is 4.39. The molecule has 0 aliphatic carbocycles. The third-order valence-corrected chi connectivity index (χ3v) is 8.32. The molecule has 0 radical (unpaired) electrons. The average Bonchev–Trinajstić information content (AvgIpc) is 3.24. The first-order chi connectivity index (χ1) is 15.7. The molecule has 170 valence electrons. The van der Waals surface area contributed by atoms with Crippen LogP contribution in [0.25, 0.3) is 15.9 Å². The number of hydrogen-bond acceptors (Lipinski definition) is 5. The maximum Gasteiger partial charge on any atom is 0.263 e. The van der Waals surface area contributed by atoms with Crippen molar-refractivity contribution in [2.24, 2.45) is 0 Å². The summed E-state index contributed by atoms with van der Waals surface area (Å²) in [5.74, 6) is 0.206. The quantitative estimate of drug-likeness (QED) is 0.117. The summed E-state index contributed by atoms with van der Waals surface area (Å²) in [4.78, 5) is 32.9. The molecular weight excluding hydrogens is 518 g/mol. The molecule has 4 rings (SSSR count). The number of thioether (sulfide) groups is 1. The van der Waals surface area contributed by atoms with E-state index in [0.29, 0.717) is 22.7 Å². The Morgan fingerprint density at radius 3 is 2.58 bits per heavy atom. The third-order valence-electron chi connectivity index (χ3n) is 5.71. The van der Waals surface area contributed by atoms with Crippen LogP contribution in [-0.2, 0) is 6.54 Å². The first-order valence-corrected chi connectivity index (χ1v) is 13.0. The van der Waals surface area contributed by atoms with Crippen molar-refractivity contribution in [3.05, 3.63) is 85.2 Å². The van der Waals surface area contributed by atoms with Crippen LogP contribution in [0.4, 0.5) is 0 Å². The van der Waals surface area contributed by atoms with Crippen molar-refractivity contribution >= 4 is 55.0 Å². The number of aryl methyl sites for hydroxylation is 3. The molecule has 8 heteroatoms. The molecule has 0 unspecified atom stereocenters. The summed E-state index contributed by atoms with van der Waals surface area (Å²) >= 11 is 6.28. The second-order valence-electron chi connectivity index (χ2n) is 7.87. The number of allylic oxidation sites excluding steroid dienone is 1. The molecule has 0 fully saturated rings. The molecule has 0 aliphatic heterocycles. The summed E-state index contributed by atoms with van der Waals surface area (Å²) < 4.78 is 4.70. The number of Topliss-reactive ketones (excluding diaryl/α,β-unsaturated/α-hetero) is 1. The van der Waals surface area contributed by atoms with Gasteiger partial charge in [-0.3, -0.25) is 14.2 Å². The van der Waals surface area contributed by atoms with Crippen LogP contribution >= 0.6 is 39.0 Å². The van der Waals surface area contributed by atoms with Gasteiger partial charge in [-0.15, -0.1) is 17.9 Å². The summed E-state index contributed by atoms with van der Waals surface area (Å²) in [7, 11) is 0. The molecule has 5 nitrogen and oxygen atoms in total. The van der Waals surface area contributed by atoms with Crippen LogP contribution in [0.5, 0.6) is 0 Å². The highest BCUT2D eigenvalue weighted by Crippen LogP contribution is 2.29. The second kappa shape index (κ2) is 9.44. The minimum atomic E-state index is -0.0786. The van der Waals surface area contributed by atoms with Gasteiger partial charge in [-0.1, -0.05) is 33.8 Å². The number of rotatable bonds is 7. The number of benzene rings is 1. The zero-order chi connectivity index (χ0) is 23.9. The van der Waals surface area contributed by atoms with Gasteiger partial charge < -0.3 is 4.57 Å². The second-order valence-corrected chi connectivity index (χ2v) is 10.9. The summed E-state index contributed by atoms with van der Waals surface area (Å²) in [5, 5.41) is 1.21. The molecular formula is C25H24BrN3O2S2. The monoisotopic (exact) mass is 541 g/mol. The number of carbonyl (C=O) groups excluding carboxylic acids is 1. The lowest BCUT2D eigenvalue weighted by Gasteiger charge is -2.11. The molecule has 0 spiro atoms. The van der Waals surface area contributed by atoms with Gasteiger partial charge in [0.1, 0.15) is 4.83 Å². The van der Waals surface area contributed by atoms with E-state index in [4.69, 9.17) is 4.98 Å². The van der Waals surface area contributed by atoms with Gasteiger partial charge in [-0.2, -0.15) is 0 Å². The Morgan fingerprint density at radius 2 is 1.91 bits per heavy atom. The minimum absolute atomic E-state index is 0.00880. The van der Waals surface area contributed by atoms with Gasteiger partial charge in [0.15, 0.2) is 10.9 Å². The van der Waals surface area contributed by atoms with Crippen molar-refractivity contribution in [2.45, 2.75) is 39.4 Å². The Balaban J connectivity index is 1.65. The van der Waals surface area contributed by atoms with Gasteiger partial charge in [0, 0.05) is 38.5 Å². The average molecular weight is 543 g/mol. The van der Waals surface area contributed by atoms with Crippen molar-refractivity contribution in [3.8, 4) is 5.69 Å². The van der Waals surface area contributed by atoms with Crippen LogP contribution in [0.3, 0.4) is 0 Å². The first kappa shape index (κ1) is 23.7. The van der Waals surface area contributed by atoms with E-state index in [1.54, 1.807) is 10.6 Å². The molecule has 0 atom stereocenters. The van der Waals surface area contributed by atoms with E-state index in [1.165, 1.54) is 23.1 Å². The highest BCUT2D eigenvalue weighted by Gasteiger charge is 2.20. The van der Waals surface area contributed by atoms with Gasteiger partial charge in [-0.05, 0) is 63.6 Å². The molecule has 0 bridgehead atoms. The lowest BCUT2D eigenvalue weighted by atomic mass is 10.2. The largest absolute Gasteiger partial charge is 0.318 e. The Bertz CT molecular complexity index is 1450. The van der Waals surface area contributed by atoms with E-state index in [9.17, 15) is 9.59 Å². The number of halogens is 1. The van der Waals surface area contributed by atoms with Crippen LogP contribution in [0.1, 0.15) is 32.2 Å². The smallest absolute Gasteiger partial charge is 0.263 e. The summed E-state index contributed by atoms with van der Waals surface area (Å²) in [5.41, 5.74) is 4.48. The minimum Gasteiger partial charge on any atom is -0.318 e. The highest BCUT2D eigenvalue weighted by molar-refractivity contribution is 9.10. The Kier molecular flexibility index (Phi) is 6.79. The molecule has 0 saturated heterocycles. The lowest BCUT2D eigenvalue weighted by molar-refractivity contribution is 0.102. The standard InChI is InChI=1S/C25H24BrN3O2S2/c1-6-11-28-24(31)22-15(3)17(5)33-23(22)27-25(28)32-13-21(30)20-12-14(2)29(16(20)4)19-9-7-18(26)8-10-19/h6-10,12H,1,11,13H2,2-5H3. The predicted molar refractivity (Wildman–Crippen MR) is 142 cm³/mol. The molecule has 0 amide bonds. The fourth-order valence-electron chi connectivity index (χ4n) is 3.95. The zero-order valence-corrected chi connectivity index (χ0v) is 22.2. The molecule has 33 heavy (non-hydrogen) atoms. The summed E-state index contributed by atoms with van der Waals surface area (Å²) in [6.45, 7) is 12.0. The lowest BCUT2D eigenvalue weighted by Crippen LogP contribution is -2.23. The van der Waals surface area contributed by atoms with Gasteiger partial charge in [0.25, 0.3) is 5.56 Å². The first-order valence-electron chi connectivity index (χ1n) is 10.4. The molecule has 0 N–H and O–H groups in total. The van der Waals surface area contributed by atoms with E-state index in [1.807, 2.05) is 58.0 Å². The van der Waals surface area contributed by atoms with E-state index < -0.39 is 0 Å². The van der Waals surface area contributed by atoms with Gasteiger partial charge >= 0.3 is 0 Å². The fraction of sp³-hybridized carbons (Fsp3) is 0.240. The van der Waals surface area contributed by atoms with Crippen LogP contribution in [0.15, 0.2) is 57.4 Å². The van der Waals surface area contributed by atoms with Crippen LogP contribution < -0.4 is 5.56 Å². The van der Waals surface area contributed by atoms with Crippen molar-refractivity contribution in [1.29, 1.82) is 0 Å². The number of thiophene rings is 1. The van der Waals surface area contributed by atoms with Gasteiger partial charge in [0.2, 0.25) is 0 Å². The fourth-order valence-corrected chi connectivity index (χ4v) is 6.18. The molecule has 3 aromatic heterocycles. The van der Waals surface area contributed by atoms with Crippen LogP contribution in [0, 0.1) is 27.7 Å². The number of fused-ring (bicyclic) bond motifs is 1. The molecule has 1 aromatic carbocycles. The number of ketones is 1. The Morgan fingerprint density at radius 1 is 1.21 bits per heavy atom. The number of aromatic nitrogens is 3. The Labute approximate surface area is 209 Å². The predicted octanol–water partition coefficient (Wildman–Crippen LogP) is 6.41. The molecule has 4 aromatic rings. The SMILES string of the molecule is C=CCn1c(SCC(=O)c2cc(C)n(-c3ccc(Br)cc3)c2C)nc2sc(C)c(C)c2c1=O. The summed E-state index contributed by atoms with van der Waals surface area (Å²) in [6, 6.07) is 9.94. The zero-order valence-electron chi connectivity index (χ0n) is 18.9. The number of nitrogens with zero attached hydrogens (tertiary/aromatic N) is 3. The van der Waals surface area contributed by atoms with Crippen molar-refractivity contribution in [3.63, 3.8) is 0 Å². The number of carbonyl (C=O) groups is 1. The Hall–Kier alpha value is -2.42. The van der Waals surface area contributed by atoms with Crippen molar-refractivity contribution in [2.75, 3.05) is 5.75 Å². The van der Waals surface area contributed by atoms with Crippen LogP contribution in [-0.4, -0.2) is 25.7 Å². The van der Waals surface area contributed by atoms with E-state index in [-0.39, 0.29) is 17.1 Å². The normalized spacial score (nSPS) is 11.3. The molecule has 3 heterocycles. The van der Waals surface area contributed by atoms with Crippen LogP contribution in [0.2, 0.25) is 0 Å². The van der Waals surface area contributed by atoms with E-state index >= 15 is 0 Å². The maximum absolute atomic E-state index is 13.2. The van der Waals surface area contributed by atoms with E-state index in [0.717, 1.165) is 36.8 Å². The molecule has 0 saturated carbocycles.